The zero-order chi connectivity index (χ0) is 12.9. The van der Waals surface area contributed by atoms with E-state index < -0.39 is 0 Å². The molecule has 1 aliphatic rings. The fourth-order valence-corrected chi connectivity index (χ4v) is 2.49. The fraction of sp³-hybridized carbons (Fsp3) is 0.222. The summed E-state index contributed by atoms with van der Waals surface area (Å²) in [6, 6.07) is 19.1. The third-order valence-electron chi connectivity index (χ3n) is 3.53. The number of benzene rings is 2. The number of hydrogen-bond acceptors (Lipinski definition) is 1. The summed E-state index contributed by atoms with van der Waals surface area (Å²) in [5.41, 5.74) is 4.03. The molecule has 1 heterocycles. The van der Waals surface area contributed by atoms with E-state index in [-0.39, 0.29) is 6.10 Å². The monoisotopic (exact) mass is 250 g/mol. The summed E-state index contributed by atoms with van der Waals surface area (Å²) in [4.78, 5) is 0. The molecule has 19 heavy (non-hydrogen) atoms. The van der Waals surface area contributed by atoms with Crippen LogP contribution < -0.4 is 0 Å². The predicted molar refractivity (Wildman–Crippen MR) is 77.9 cm³/mol. The van der Waals surface area contributed by atoms with Crippen molar-refractivity contribution in [3.05, 3.63) is 83.4 Å². The van der Waals surface area contributed by atoms with Crippen molar-refractivity contribution in [1.82, 2.24) is 0 Å². The van der Waals surface area contributed by atoms with Crippen molar-refractivity contribution in [2.24, 2.45) is 0 Å². The zero-order valence-electron chi connectivity index (χ0n) is 11.0. The van der Waals surface area contributed by atoms with E-state index >= 15 is 0 Å². The smallest absolute Gasteiger partial charge is 0.101 e. The van der Waals surface area contributed by atoms with Crippen LogP contribution in [0.1, 0.15) is 29.2 Å². The van der Waals surface area contributed by atoms with Gasteiger partial charge in [0.25, 0.3) is 0 Å². The lowest BCUT2D eigenvalue weighted by molar-refractivity contribution is 0.0989. The van der Waals surface area contributed by atoms with Gasteiger partial charge < -0.3 is 4.74 Å². The molecule has 1 heteroatoms. The maximum Gasteiger partial charge on any atom is 0.101 e. The van der Waals surface area contributed by atoms with Gasteiger partial charge in [0.2, 0.25) is 0 Å². The summed E-state index contributed by atoms with van der Waals surface area (Å²) < 4.78 is 5.79. The second-order valence-electron chi connectivity index (χ2n) is 4.88. The molecule has 1 nitrogen and oxygen atoms in total. The maximum absolute atomic E-state index is 5.79. The molecule has 96 valence electrons. The molecule has 0 amide bonds. The molecule has 2 aromatic rings. The molecule has 0 fully saturated rings. The van der Waals surface area contributed by atoms with Crippen molar-refractivity contribution < 1.29 is 4.74 Å². The largest absolute Gasteiger partial charge is 0.365 e. The van der Waals surface area contributed by atoms with Crippen LogP contribution in [0.3, 0.4) is 0 Å². The first-order valence-corrected chi connectivity index (χ1v) is 6.83. The summed E-state index contributed by atoms with van der Waals surface area (Å²) in [7, 11) is 0. The van der Waals surface area contributed by atoms with Gasteiger partial charge in [0.05, 0.1) is 6.61 Å². The molecular formula is C18H18O. The Morgan fingerprint density at radius 2 is 1.79 bits per heavy atom. The van der Waals surface area contributed by atoms with E-state index in [1.807, 2.05) is 0 Å². The first kappa shape index (κ1) is 12.2. The van der Waals surface area contributed by atoms with Gasteiger partial charge in [-0.05, 0) is 29.5 Å². The Labute approximate surface area is 114 Å². The van der Waals surface area contributed by atoms with Crippen molar-refractivity contribution >= 4 is 0 Å². The maximum atomic E-state index is 5.79. The number of fused-ring (bicyclic) bond motifs is 1. The van der Waals surface area contributed by atoms with E-state index in [0.29, 0.717) is 0 Å². The lowest BCUT2D eigenvalue weighted by Gasteiger charge is -2.05. The molecule has 0 radical (unpaired) electrons. The average molecular weight is 250 g/mol. The van der Waals surface area contributed by atoms with Crippen LogP contribution in [-0.2, 0) is 17.8 Å². The number of ether oxygens (including phenoxy) is 1. The van der Waals surface area contributed by atoms with Gasteiger partial charge in [0, 0.05) is 0 Å². The van der Waals surface area contributed by atoms with Crippen LogP contribution in [0.25, 0.3) is 0 Å². The van der Waals surface area contributed by atoms with Crippen LogP contribution in [-0.4, -0.2) is 0 Å². The molecule has 2 aromatic carbocycles. The minimum Gasteiger partial charge on any atom is -0.365 e. The molecule has 0 unspecified atom stereocenters. The first-order valence-electron chi connectivity index (χ1n) is 6.83. The number of aryl methyl sites for hydroxylation is 1. The molecule has 0 aliphatic carbocycles. The van der Waals surface area contributed by atoms with Crippen LogP contribution in [0.4, 0.5) is 0 Å². The van der Waals surface area contributed by atoms with E-state index in [9.17, 15) is 0 Å². The summed E-state index contributed by atoms with van der Waals surface area (Å²) in [5, 5.41) is 0. The third-order valence-corrected chi connectivity index (χ3v) is 3.53. The van der Waals surface area contributed by atoms with Gasteiger partial charge in [-0.2, -0.15) is 0 Å². The van der Waals surface area contributed by atoms with Crippen LogP contribution in [0.5, 0.6) is 0 Å². The molecule has 3 rings (SSSR count). The molecule has 0 saturated heterocycles. The van der Waals surface area contributed by atoms with Gasteiger partial charge >= 0.3 is 0 Å². The van der Waals surface area contributed by atoms with E-state index in [0.717, 1.165) is 19.4 Å². The van der Waals surface area contributed by atoms with Crippen LogP contribution >= 0.6 is 0 Å². The Balaban J connectivity index is 1.57. The third kappa shape index (κ3) is 2.94. The standard InChI is InChI=1S/C18H18O/c1-2-8-15(9-3-1)10-4-7-13-18-17-12-6-5-11-16(17)14-19-18/h1-3,5-9,11-13,18H,4,10,14H2/b13-7+/t18-/m1/s1. The first-order chi connectivity index (χ1) is 9.43. The highest BCUT2D eigenvalue weighted by atomic mass is 16.5. The second-order valence-corrected chi connectivity index (χ2v) is 4.88. The van der Waals surface area contributed by atoms with E-state index in [1.165, 1.54) is 16.7 Å². The summed E-state index contributed by atoms with van der Waals surface area (Å²) >= 11 is 0. The molecule has 0 saturated carbocycles. The minimum atomic E-state index is 0.145. The van der Waals surface area contributed by atoms with Crippen molar-refractivity contribution in [2.75, 3.05) is 0 Å². The van der Waals surface area contributed by atoms with E-state index in [4.69, 9.17) is 4.74 Å². The van der Waals surface area contributed by atoms with E-state index in [2.05, 4.69) is 66.7 Å². The quantitative estimate of drug-likeness (QED) is 0.729. The Morgan fingerprint density at radius 1 is 1.00 bits per heavy atom. The van der Waals surface area contributed by atoms with Gasteiger partial charge in [-0.1, -0.05) is 66.7 Å². The van der Waals surface area contributed by atoms with Gasteiger partial charge in [0.15, 0.2) is 0 Å². The van der Waals surface area contributed by atoms with Crippen molar-refractivity contribution in [3.8, 4) is 0 Å². The van der Waals surface area contributed by atoms with Gasteiger partial charge in [-0.15, -0.1) is 0 Å². The molecular weight excluding hydrogens is 232 g/mol. The zero-order valence-corrected chi connectivity index (χ0v) is 11.0. The molecule has 0 bridgehead atoms. The van der Waals surface area contributed by atoms with Crippen LogP contribution in [0.15, 0.2) is 66.7 Å². The van der Waals surface area contributed by atoms with Crippen LogP contribution in [0.2, 0.25) is 0 Å². The van der Waals surface area contributed by atoms with Gasteiger partial charge in [-0.3, -0.25) is 0 Å². The molecule has 1 atom stereocenters. The topological polar surface area (TPSA) is 9.23 Å². The molecule has 1 aliphatic heterocycles. The molecule has 0 N–H and O–H groups in total. The fourth-order valence-electron chi connectivity index (χ4n) is 2.49. The minimum absolute atomic E-state index is 0.145. The normalized spacial score (nSPS) is 17.8. The van der Waals surface area contributed by atoms with E-state index in [1.54, 1.807) is 0 Å². The highest BCUT2D eigenvalue weighted by Gasteiger charge is 2.19. The Hall–Kier alpha value is -1.86. The number of hydrogen-bond donors (Lipinski definition) is 0. The van der Waals surface area contributed by atoms with Crippen LogP contribution in [0, 0.1) is 0 Å². The van der Waals surface area contributed by atoms with Crippen molar-refractivity contribution in [1.29, 1.82) is 0 Å². The predicted octanol–water partition coefficient (Wildman–Crippen LogP) is 4.45. The number of rotatable bonds is 4. The van der Waals surface area contributed by atoms with Crippen molar-refractivity contribution in [3.63, 3.8) is 0 Å². The lowest BCUT2D eigenvalue weighted by atomic mass is 10.0. The number of allylic oxidation sites excluding steroid dienone is 1. The van der Waals surface area contributed by atoms with Gasteiger partial charge in [-0.25, -0.2) is 0 Å². The highest BCUT2D eigenvalue weighted by molar-refractivity contribution is 5.33. The average Bonchev–Trinajstić information content (AvgIpc) is 2.88. The molecule has 0 aromatic heterocycles. The van der Waals surface area contributed by atoms with Crippen molar-refractivity contribution in [2.45, 2.75) is 25.6 Å². The lowest BCUT2D eigenvalue weighted by Crippen LogP contribution is -1.90. The summed E-state index contributed by atoms with van der Waals surface area (Å²) in [6.45, 7) is 0.740. The summed E-state index contributed by atoms with van der Waals surface area (Å²) in [5.74, 6) is 0. The Kier molecular flexibility index (Phi) is 3.75. The molecule has 0 spiro atoms. The summed E-state index contributed by atoms with van der Waals surface area (Å²) in [6.07, 6.45) is 6.72. The highest BCUT2D eigenvalue weighted by Crippen LogP contribution is 2.31. The van der Waals surface area contributed by atoms with Gasteiger partial charge in [0.1, 0.15) is 6.10 Å². The Morgan fingerprint density at radius 3 is 2.68 bits per heavy atom. The second kappa shape index (κ2) is 5.85. The SMILES string of the molecule is C(=C\[C@H]1OCc2ccccc21)/CCc1ccccc1. The Bertz CT molecular complexity index is 557.